The molecule has 0 amide bonds. The molecule has 0 spiro atoms. The third-order valence-electron chi connectivity index (χ3n) is 2.63. The summed E-state index contributed by atoms with van der Waals surface area (Å²) in [5, 5.41) is 4.88. The maximum Gasteiger partial charge on any atom is 0.0582 e. The van der Waals surface area contributed by atoms with Crippen molar-refractivity contribution in [3.05, 3.63) is 52.3 Å². The molecule has 2 rings (SSSR count). The monoisotopic (exact) mass is 235 g/mol. The quantitative estimate of drug-likeness (QED) is 0.869. The molecule has 1 unspecified atom stereocenters. The molecule has 0 saturated carbocycles. The lowest BCUT2D eigenvalue weighted by atomic mass is 10.0. The largest absolute Gasteiger partial charge is 0.320 e. The van der Waals surface area contributed by atoms with Gasteiger partial charge in [-0.1, -0.05) is 23.7 Å². The van der Waals surface area contributed by atoms with E-state index in [-0.39, 0.29) is 6.04 Å². The third-order valence-corrected chi connectivity index (χ3v) is 3.05. The molecule has 1 aromatic carbocycles. The second-order valence-corrected chi connectivity index (χ2v) is 4.34. The number of aryl methyl sites for hydroxylation is 2. The summed E-state index contributed by atoms with van der Waals surface area (Å²) in [6, 6.07) is 5.69. The van der Waals surface area contributed by atoms with Gasteiger partial charge in [0.05, 0.1) is 12.2 Å². The van der Waals surface area contributed by atoms with Crippen molar-refractivity contribution < 1.29 is 0 Å². The molecule has 4 heteroatoms. The number of aromatic nitrogens is 2. The molecule has 1 aromatic heterocycles. The minimum atomic E-state index is -0.148. The van der Waals surface area contributed by atoms with Gasteiger partial charge >= 0.3 is 0 Å². The summed E-state index contributed by atoms with van der Waals surface area (Å²) in [6.07, 6.45) is 3.71. The minimum Gasteiger partial charge on any atom is -0.320 e. The first-order valence-corrected chi connectivity index (χ1v) is 5.46. The number of benzene rings is 1. The van der Waals surface area contributed by atoms with Crippen molar-refractivity contribution in [2.45, 2.75) is 13.0 Å². The highest BCUT2D eigenvalue weighted by Gasteiger charge is 2.11. The van der Waals surface area contributed by atoms with Crippen molar-refractivity contribution in [3.63, 3.8) is 0 Å². The van der Waals surface area contributed by atoms with Crippen LogP contribution in [0.3, 0.4) is 0 Å². The number of hydrogen-bond acceptors (Lipinski definition) is 2. The SMILES string of the molecule is Cc1cc(C(N)c2cnn(C)c2)ccc1Cl. The second kappa shape index (κ2) is 4.28. The summed E-state index contributed by atoms with van der Waals surface area (Å²) in [5.41, 5.74) is 9.25. The molecule has 0 fully saturated rings. The van der Waals surface area contributed by atoms with Gasteiger partial charge in [0.25, 0.3) is 0 Å². The molecular formula is C12H14ClN3. The summed E-state index contributed by atoms with van der Waals surface area (Å²) >= 11 is 5.98. The maximum absolute atomic E-state index is 6.15. The molecule has 84 valence electrons. The van der Waals surface area contributed by atoms with Crippen LogP contribution in [-0.2, 0) is 7.05 Å². The van der Waals surface area contributed by atoms with Gasteiger partial charge < -0.3 is 5.73 Å². The summed E-state index contributed by atoms with van der Waals surface area (Å²) in [6.45, 7) is 1.97. The number of nitrogens with zero attached hydrogens (tertiary/aromatic N) is 2. The lowest BCUT2D eigenvalue weighted by Gasteiger charge is -2.11. The van der Waals surface area contributed by atoms with Crippen LogP contribution in [-0.4, -0.2) is 9.78 Å². The van der Waals surface area contributed by atoms with E-state index in [0.717, 1.165) is 21.7 Å². The van der Waals surface area contributed by atoms with E-state index in [2.05, 4.69) is 5.10 Å². The second-order valence-electron chi connectivity index (χ2n) is 3.93. The molecule has 0 bridgehead atoms. The van der Waals surface area contributed by atoms with Crippen LogP contribution in [0.5, 0.6) is 0 Å². The van der Waals surface area contributed by atoms with E-state index < -0.39 is 0 Å². The maximum atomic E-state index is 6.15. The molecule has 1 atom stereocenters. The van der Waals surface area contributed by atoms with Crippen LogP contribution in [0.4, 0.5) is 0 Å². The number of hydrogen-bond donors (Lipinski definition) is 1. The normalized spacial score (nSPS) is 12.8. The van der Waals surface area contributed by atoms with E-state index in [1.54, 1.807) is 10.9 Å². The van der Waals surface area contributed by atoms with Gasteiger partial charge in [-0.25, -0.2) is 0 Å². The Labute approximate surface area is 99.8 Å². The van der Waals surface area contributed by atoms with Gasteiger partial charge in [-0.15, -0.1) is 0 Å². The average molecular weight is 236 g/mol. The van der Waals surface area contributed by atoms with E-state index in [1.165, 1.54) is 0 Å². The van der Waals surface area contributed by atoms with Crippen LogP contribution >= 0.6 is 11.6 Å². The predicted molar refractivity (Wildman–Crippen MR) is 65.4 cm³/mol. The summed E-state index contributed by atoms with van der Waals surface area (Å²) < 4.78 is 1.75. The van der Waals surface area contributed by atoms with E-state index in [1.807, 2.05) is 38.4 Å². The fourth-order valence-electron chi connectivity index (χ4n) is 1.65. The van der Waals surface area contributed by atoms with Crippen LogP contribution in [0.2, 0.25) is 5.02 Å². The molecule has 16 heavy (non-hydrogen) atoms. The van der Waals surface area contributed by atoms with Crippen LogP contribution in [0.25, 0.3) is 0 Å². The Kier molecular flexibility index (Phi) is 2.99. The fourth-order valence-corrected chi connectivity index (χ4v) is 1.77. The van der Waals surface area contributed by atoms with Gasteiger partial charge in [0.1, 0.15) is 0 Å². The Morgan fingerprint density at radius 3 is 2.69 bits per heavy atom. The lowest BCUT2D eigenvalue weighted by molar-refractivity contribution is 0.765. The Morgan fingerprint density at radius 1 is 1.38 bits per heavy atom. The average Bonchev–Trinajstić information content (AvgIpc) is 2.68. The van der Waals surface area contributed by atoms with Crippen molar-refractivity contribution in [1.29, 1.82) is 0 Å². The van der Waals surface area contributed by atoms with Crippen molar-refractivity contribution in [2.24, 2.45) is 12.8 Å². The molecule has 3 nitrogen and oxygen atoms in total. The Morgan fingerprint density at radius 2 is 2.12 bits per heavy atom. The first-order valence-electron chi connectivity index (χ1n) is 5.08. The van der Waals surface area contributed by atoms with Crippen molar-refractivity contribution in [1.82, 2.24) is 9.78 Å². The molecular weight excluding hydrogens is 222 g/mol. The highest BCUT2D eigenvalue weighted by atomic mass is 35.5. The van der Waals surface area contributed by atoms with Gasteiger partial charge in [0.2, 0.25) is 0 Å². The number of nitrogens with two attached hydrogens (primary N) is 1. The molecule has 0 aliphatic rings. The minimum absolute atomic E-state index is 0.148. The first-order chi connectivity index (χ1) is 7.58. The van der Waals surface area contributed by atoms with E-state index in [4.69, 9.17) is 17.3 Å². The van der Waals surface area contributed by atoms with Crippen molar-refractivity contribution in [2.75, 3.05) is 0 Å². The Bertz CT molecular complexity index is 505. The van der Waals surface area contributed by atoms with Crippen LogP contribution in [0.1, 0.15) is 22.7 Å². The number of halogens is 1. The lowest BCUT2D eigenvalue weighted by Crippen LogP contribution is -2.11. The van der Waals surface area contributed by atoms with Gasteiger partial charge in [0, 0.05) is 23.8 Å². The fraction of sp³-hybridized carbons (Fsp3) is 0.250. The number of rotatable bonds is 2. The van der Waals surface area contributed by atoms with Crippen molar-refractivity contribution >= 4 is 11.6 Å². The van der Waals surface area contributed by atoms with Gasteiger partial charge in [-0.3, -0.25) is 4.68 Å². The molecule has 2 N–H and O–H groups in total. The standard InChI is InChI=1S/C12H14ClN3/c1-8-5-9(3-4-11(8)13)12(14)10-6-15-16(2)7-10/h3-7,12H,14H2,1-2H3. The van der Waals surface area contributed by atoms with Gasteiger partial charge in [-0.2, -0.15) is 5.10 Å². The third kappa shape index (κ3) is 2.10. The van der Waals surface area contributed by atoms with E-state index in [9.17, 15) is 0 Å². The molecule has 0 aliphatic carbocycles. The summed E-state index contributed by atoms with van der Waals surface area (Å²) in [7, 11) is 1.88. The molecule has 0 radical (unpaired) electrons. The zero-order chi connectivity index (χ0) is 11.7. The zero-order valence-corrected chi connectivity index (χ0v) is 10.1. The van der Waals surface area contributed by atoms with Crippen LogP contribution < -0.4 is 5.73 Å². The molecule has 1 heterocycles. The summed E-state index contributed by atoms with van der Waals surface area (Å²) in [4.78, 5) is 0. The molecule has 0 aliphatic heterocycles. The zero-order valence-electron chi connectivity index (χ0n) is 9.31. The van der Waals surface area contributed by atoms with E-state index in [0.29, 0.717) is 0 Å². The highest BCUT2D eigenvalue weighted by molar-refractivity contribution is 6.31. The van der Waals surface area contributed by atoms with Gasteiger partial charge in [0.15, 0.2) is 0 Å². The van der Waals surface area contributed by atoms with Crippen LogP contribution in [0, 0.1) is 6.92 Å². The van der Waals surface area contributed by atoms with Crippen molar-refractivity contribution in [3.8, 4) is 0 Å². The Hall–Kier alpha value is -1.32. The van der Waals surface area contributed by atoms with Gasteiger partial charge in [-0.05, 0) is 24.1 Å². The van der Waals surface area contributed by atoms with Crippen LogP contribution in [0.15, 0.2) is 30.6 Å². The molecule has 2 aromatic rings. The summed E-state index contributed by atoms with van der Waals surface area (Å²) in [5.74, 6) is 0. The Balaban J connectivity index is 2.33. The van der Waals surface area contributed by atoms with E-state index >= 15 is 0 Å². The first kappa shape index (κ1) is 11.2. The topological polar surface area (TPSA) is 43.8 Å². The predicted octanol–water partition coefficient (Wildman–Crippen LogP) is 2.43. The smallest absolute Gasteiger partial charge is 0.0582 e. The molecule has 0 saturated heterocycles. The highest BCUT2D eigenvalue weighted by Crippen LogP contribution is 2.23.